The van der Waals surface area contributed by atoms with Crippen LogP contribution in [0.5, 0.6) is 0 Å². The molecule has 1 saturated heterocycles. The summed E-state index contributed by atoms with van der Waals surface area (Å²) in [5, 5.41) is 6.58. The lowest BCUT2D eigenvalue weighted by atomic mass is 9.90. The van der Waals surface area contributed by atoms with Crippen LogP contribution in [0, 0.1) is 12.7 Å². The number of hydrogen-bond donors (Lipinski definition) is 3. The number of imidazole rings is 1. The number of H-pyrrole nitrogens is 1. The minimum atomic E-state index is -1.06. The van der Waals surface area contributed by atoms with E-state index in [1.54, 1.807) is 26.0 Å². The summed E-state index contributed by atoms with van der Waals surface area (Å²) in [5.74, 6) is -2.50. The number of aromatic nitrogens is 3. The number of rotatable bonds is 8. The van der Waals surface area contributed by atoms with E-state index in [-0.39, 0.29) is 40.9 Å². The molecular formula is C25H31FN6O4. The third-order valence-electron chi connectivity index (χ3n) is 6.85. The predicted octanol–water partition coefficient (Wildman–Crippen LogP) is 3.24. The van der Waals surface area contributed by atoms with Crippen LogP contribution in [0.25, 0.3) is 11.0 Å². The highest BCUT2D eigenvalue weighted by atomic mass is 19.1. The molecule has 4 N–H and O–H groups in total. The molecule has 4 rings (SSSR count). The van der Waals surface area contributed by atoms with Crippen LogP contribution in [0.2, 0.25) is 0 Å². The van der Waals surface area contributed by atoms with Crippen LogP contribution in [0.1, 0.15) is 85.5 Å². The van der Waals surface area contributed by atoms with Gasteiger partial charge in [0, 0.05) is 24.6 Å². The Morgan fingerprint density at radius 1 is 1.33 bits per heavy atom. The predicted molar refractivity (Wildman–Crippen MR) is 129 cm³/mol. The van der Waals surface area contributed by atoms with Gasteiger partial charge in [0.2, 0.25) is 11.8 Å². The molecule has 36 heavy (non-hydrogen) atoms. The van der Waals surface area contributed by atoms with Crippen molar-refractivity contribution in [3.8, 4) is 0 Å². The van der Waals surface area contributed by atoms with Crippen LogP contribution < -0.4 is 11.1 Å². The second kappa shape index (κ2) is 10.5. The number of likely N-dealkylation sites (tertiary alicyclic amines) is 1. The molecule has 0 unspecified atom stereocenters. The van der Waals surface area contributed by atoms with E-state index < -0.39 is 29.6 Å². The van der Waals surface area contributed by atoms with Crippen LogP contribution in [-0.2, 0) is 9.59 Å². The van der Waals surface area contributed by atoms with Crippen molar-refractivity contribution in [3.63, 3.8) is 0 Å². The number of piperidine rings is 1. The number of hydrogen-bond acceptors (Lipinski definition) is 6. The fraction of sp³-hybridized carbons (Fsp3) is 0.480. The van der Waals surface area contributed by atoms with E-state index >= 15 is 0 Å². The van der Waals surface area contributed by atoms with E-state index in [9.17, 15) is 18.8 Å². The third-order valence-corrected chi connectivity index (χ3v) is 6.85. The molecule has 0 bridgehead atoms. The Bertz CT molecular complexity index is 1280. The standard InChI is InChI=1S/C25H31FN6O4/c1-4-15-8-5-6-11-32(15)19(33)12-16(20-14(3)36-31-22(20)23(27)34)25(35)28-13(2)24-29-18-10-7-9-17(26)21(18)30-24/h7,9-10,13,15-16H,4-6,8,11-12H2,1-3H3,(H2,27,34)(H,28,35)(H,29,30)/t13-,15-,16-/m0/s1. The molecule has 192 valence electrons. The molecule has 0 radical (unpaired) electrons. The van der Waals surface area contributed by atoms with E-state index in [4.69, 9.17) is 10.3 Å². The number of carbonyl (C=O) groups is 3. The molecule has 0 saturated carbocycles. The number of amides is 3. The minimum absolute atomic E-state index is 0.110. The molecule has 3 aromatic rings. The van der Waals surface area contributed by atoms with Crippen molar-refractivity contribution in [2.24, 2.45) is 5.73 Å². The van der Waals surface area contributed by atoms with Gasteiger partial charge in [-0.25, -0.2) is 9.37 Å². The van der Waals surface area contributed by atoms with Gasteiger partial charge < -0.3 is 25.5 Å². The molecule has 0 aliphatic carbocycles. The van der Waals surface area contributed by atoms with E-state index in [2.05, 4.69) is 20.4 Å². The molecule has 3 atom stereocenters. The summed E-state index contributed by atoms with van der Waals surface area (Å²) in [6.45, 7) is 5.92. The van der Waals surface area contributed by atoms with Gasteiger partial charge in [0.15, 0.2) is 11.5 Å². The van der Waals surface area contributed by atoms with E-state index in [1.807, 2.05) is 11.8 Å². The molecule has 10 nitrogen and oxygen atoms in total. The van der Waals surface area contributed by atoms with Crippen LogP contribution in [0.15, 0.2) is 22.7 Å². The van der Waals surface area contributed by atoms with Crippen LogP contribution in [0.4, 0.5) is 4.39 Å². The SMILES string of the molecule is CC[C@H]1CCCCN1C(=O)C[C@H](C(=O)N[C@@H](C)c1nc2c(F)cccc2[nH]1)c1c(C(N)=O)noc1C. The lowest BCUT2D eigenvalue weighted by Gasteiger charge is -2.36. The number of nitrogens with zero attached hydrogens (tertiary/aromatic N) is 3. The largest absolute Gasteiger partial charge is 0.364 e. The summed E-state index contributed by atoms with van der Waals surface area (Å²) < 4.78 is 19.3. The molecular weight excluding hydrogens is 467 g/mol. The summed E-state index contributed by atoms with van der Waals surface area (Å²) in [6.07, 6.45) is 3.51. The number of halogens is 1. The molecule has 1 aliphatic rings. The zero-order valence-corrected chi connectivity index (χ0v) is 20.6. The number of carbonyl (C=O) groups excluding carboxylic acids is 3. The van der Waals surface area contributed by atoms with Crippen molar-refractivity contribution in [1.82, 2.24) is 25.3 Å². The van der Waals surface area contributed by atoms with Gasteiger partial charge >= 0.3 is 0 Å². The van der Waals surface area contributed by atoms with Gasteiger partial charge in [-0.15, -0.1) is 0 Å². The first-order valence-corrected chi connectivity index (χ1v) is 12.2. The van der Waals surface area contributed by atoms with Crippen LogP contribution in [0.3, 0.4) is 0 Å². The van der Waals surface area contributed by atoms with Gasteiger partial charge in [0.1, 0.15) is 17.1 Å². The van der Waals surface area contributed by atoms with E-state index in [1.165, 1.54) is 6.07 Å². The summed E-state index contributed by atoms with van der Waals surface area (Å²) in [6, 6.07) is 4.03. The number of nitrogens with two attached hydrogens (primary N) is 1. The molecule has 2 aromatic heterocycles. The Labute approximate surface area is 207 Å². The van der Waals surface area contributed by atoms with Gasteiger partial charge in [0.05, 0.1) is 17.5 Å². The number of aryl methyl sites for hydroxylation is 1. The molecule has 11 heteroatoms. The van der Waals surface area contributed by atoms with Crippen molar-refractivity contribution in [3.05, 3.63) is 46.9 Å². The molecule has 1 aromatic carbocycles. The topological polar surface area (TPSA) is 147 Å². The first kappa shape index (κ1) is 25.3. The van der Waals surface area contributed by atoms with Gasteiger partial charge in [-0.2, -0.15) is 0 Å². The number of aromatic amines is 1. The Hall–Kier alpha value is -3.76. The number of primary amides is 1. The zero-order valence-electron chi connectivity index (χ0n) is 20.6. The smallest absolute Gasteiger partial charge is 0.271 e. The number of para-hydroxylation sites is 1. The lowest BCUT2D eigenvalue weighted by molar-refractivity contribution is -0.137. The zero-order chi connectivity index (χ0) is 26.0. The van der Waals surface area contributed by atoms with Crippen molar-refractivity contribution in [2.45, 2.75) is 70.9 Å². The average molecular weight is 499 g/mol. The Kier molecular flexibility index (Phi) is 7.37. The van der Waals surface area contributed by atoms with Crippen LogP contribution in [-0.4, -0.2) is 50.3 Å². The highest BCUT2D eigenvalue weighted by Crippen LogP contribution is 2.30. The monoisotopic (exact) mass is 498 g/mol. The summed E-state index contributed by atoms with van der Waals surface area (Å²) in [7, 11) is 0. The quantitative estimate of drug-likeness (QED) is 0.434. The first-order chi connectivity index (χ1) is 17.2. The molecule has 3 heterocycles. The highest BCUT2D eigenvalue weighted by Gasteiger charge is 2.36. The van der Waals surface area contributed by atoms with Crippen molar-refractivity contribution >= 4 is 28.8 Å². The number of nitrogens with one attached hydrogen (secondary N) is 2. The van der Waals surface area contributed by atoms with E-state index in [0.717, 1.165) is 25.7 Å². The van der Waals surface area contributed by atoms with Gasteiger partial charge in [0.25, 0.3) is 5.91 Å². The molecule has 1 aliphatic heterocycles. The Morgan fingerprint density at radius 3 is 2.81 bits per heavy atom. The third kappa shape index (κ3) is 4.95. The Balaban J connectivity index is 1.62. The highest BCUT2D eigenvalue weighted by molar-refractivity contribution is 5.97. The van der Waals surface area contributed by atoms with E-state index in [0.29, 0.717) is 17.9 Å². The Morgan fingerprint density at radius 2 is 2.11 bits per heavy atom. The number of fused-ring (bicyclic) bond motifs is 1. The average Bonchev–Trinajstić information content (AvgIpc) is 3.47. The lowest BCUT2D eigenvalue weighted by Crippen LogP contribution is -2.45. The van der Waals surface area contributed by atoms with Crippen molar-refractivity contribution in [2.75, 3.05) is 6.54 Å². The second-order valence-corrected chi connectivity index (χ2v) is 9.26. The van der Waals surface area contributed by atoms with Gasteiger partial charge in [-0.1, -0.05) is 18.1 Å². The van der Waals surface area contributed by atoms with Gasteiger partial charge in [-0.05, 0) is 51.7 Å². The normalized spacial score (nSPS) is 17.7. The fourth-order valence-electron chi connectivity index (χ4n) is 4.94. The summed E-state index contributed by atoms with van der Waals surface area (Å²) in [5.41, 5.74) is 6.18. The first-order valence-electron chi connectivity index (χ1n) is 12.2. The number of benzene rings is 1. The minimum Gasteiger partial charge on any atom is -0.364 e. The summed E-state index contributed by atoms with van der Waals surface area (Å²) in [4.78, 5) is 48.1. The fourth-order valence-corrected chi connectivity index (χ4v) is 4.94. The van der Waals surface area contributed by atoms with Gasteiger partial charge in [-0.3, -0.25) is 14.4 Å². The maximum absolute atomic E-state index is 14.1. The molecule has 0 spiro atoms. The molecule has 3 amide bonds. The van der Waals surface area contributed by atoms with Crippen molar-refractivity contribution < 1.29 is 23.3 Å². The maximum atomic E-state index is 14.1. The summed E-state index contributed by atoms with van der Waals surface area (Å²) >= 11 is 0. The molecule has 1 fully saturated rings. The van der Waals surface area contributed by atoms with Crippen LogP contribution >= 0.6 is 0 Å². The van der Waals surface area contributed by atoms with Crippen molar-refractivity contribution in [1.29, 1.82) is 0 Å². The second-order valence-electron chi connectivity index (χ2n) is 9.26. The maximum Gasteiger partial charge on any atom is 0.271 e.